The minimum Gasteiger partial charge on any atom is -0.496 e. The molecule has 202 valence electrons. The van der Waals surface area contributed by atoms with Gasteiger partial charge in [0.15, 0.2) is 12.6 Å². The van der Waals surface area contributed by atoms with Gasteiger partial charge in [-0.1, -0.05) is 24.3 Å². The summed E-state index contributed by atoms with van der Waals surface area (Å²) in [7, 11) is 2.82. The Morgan fingerprint density at radius 3 is 1.45 bits per heavy atom. The zero-order valence-electron chi connectivity index (χ0n) is 22.3. The van der Waals surface area contributed by atoms with E-state index < -0.39 is 11.8 Å². The molecule has 0 aliphatic carbocycles. The predicted octanol–water partition coefficient (Wildman–Crippen LogP) is 4.91. The van der Waals surface area contributed by atoms with Crippen LogP contribution in [0.2, 0.25) is 0 Å². The number of hydrogen-bond donors (Lipinski definition) is 2. The van der Waals surface area contributed by atoms with E-state index in [1.54, 1.807) is 12.1 Å². The van der Waals surface area contributed by atoms with Crippen LogP contribution < -0.4 is 20.1 Å². The second kappa shape index (κ2) is 12.0. The number of nitrogens with one attached hydrogen (secondary N) is 2. The van der Waals surface area contributed by atoms with Gasteiger partial charge in [0.05, 0.1) is 25.3 Å². The first-order valence-corrected chi connectivity index (χ1v) is 12.1. The van der Waals surface area contributed by atoms with Crippen LogP contribution in [-0.4, -0.2) is 48.6 Å². The van der Waals surface area contributed by atoms with Gasteiger partial charge >= 0.3 is 0 Å². The number of hydrogen-bond acceptors (Lipinski definition) is 8. The van der Waals surface area contributed by atoms with Crippen LogP contribution in [0.15, 0.2) is 60.9 Å². The van der Waals surface area contributed by atoms with Crippen LogP contribution in [0.1, 0.15) is 52.8 Å². The number of rotatable bonds is 9. The van der Waals surface area contributed by atoms with E-state index >= 15 is 0 Å². The van der Waals surface area contributed by atoms with Crippen LogP contribution in [0.3, 0.4) is 0 Å². The fourth-order valence-electron chi connectivity index (χ4n) is 4.17. The molecular weight excluding hydrogens is 512 g/mol. The number of nitrogens with zero attached hydrogens (tertiary/aromatic N) is 2. The molecule has 0 unspecified atom stereocenters. The summed E-state index contributed by atoms with van der Waals surface area (Å²) in [6.07, 6.45) is 3.79. The molecule has 4 rings (SSSR count). The van der Waals surface area contributed by atoms with E-state index in [9.17, 15) is 19.2 Å². The molecule has 0 radical (unpaired) electrons. The van der Waals surface area contributed by atoms with Crippen LogP contribution in [0, 0.1) is 13.8 Å². The second-order valence-corrected chi connectivity index (χ2v) is 8.72. The number of aldehydes is 2. The van der Waals surface area contributed by atoms with E-state index in [1.807, 2.05) is 38.1 Å². The fraction of sp³-hybridized carbons (Fsp3) is 0.133. The number of carbonyl (C=O) groups excluding carboxylic acids is 4. The number of benzene rings is 2. The summed E-state index contributed by atoms with van der Waals surface area (Å²) >= 11 is 0. The van der Waals surface area contributed by atoms with Crippen molar-refractivity contribution in [1.29, 1.82) is 0 Å². The third-order valence-corrected chi connectivity index (χ3v) is 6.40. The quantitative estimate of drug-likeness (QED) is 0.287. The molecule has 0 aliphatic rings. The van der Waals surface area contributed by atoms with E-state index in [0.29, 0.717) is 23.9 Å². The van der Waals surface area contributed by atoms with Crippen LogP contribution in [-0.2, 0) is 0 Å². The molecule has 2 heterocycles. The summed E-state index contributed by atoms with van der Waals surface area (Å²) in [4.78, 5) is 56.3. The molecule has 0 fully saturated rings. The Morgan fingerprint density at radius 1 is 0.700 bits per heavy atom. The third kappa shape index (κ3) is 5.56. The zero-order valence-corrected chi connectivity index (χ0v) is 22.3. The number of methoxy groups -OCH3 is 2. The topological polar surface area (TPSA) is 137 Å². The van der Waals surface area contributed by atoms with Crippen molar-refractivity contribution in [1.82, 2.24) is 9.97 Å². The fourth-order valence-corrected chi connectivity index (χ4v) is 4.17. The predicted molar refractivity (Wildman–Crippen MR) is 150 cm³/mol. The first-order chi connectivity index (χ1) is 19.3. The monoisotopic (exact) mass is 538 g/mol. The Balaban J connectivity index is 1.61. The zero-order chi connectivity index (χ0) is 28.8. The van der Waals surface area contributed by atoms with E-state index in [1.165, 1.54) is 38.7 Å². The maximum Gasteiger partial charge on any atom is 0.274 e. The molecule has 0 saturated carbocycles. The summed E-state index contributed by atoms with van der Waals surface area (Å²) in [5.74, 6) is -0.415. The lowest BCUT2D eigenvalue weighted by molar-refractivity contribution is 0.101. The first kappa shape index (κ1) is 27.6. The lowest BCUT2D eigenvalue weighted by atomic mass is 9.94. The molecule has 0 aliphatic heterocycles. The SMILES string of the molecule is COc1cc(C(=O)Nc2cccc(-c3cccc(NC(=O)c4cc(OC)c(C=O)cn4)c3C)c2C)ncc1C=O. The molecule has 2 N–H and O–H groups in total. The van der Waals surface area contributed by atoms with Gasteiger partial charge in [0, 0.05) is 35.9 Å². The summed E-state index contributed by atoms with van der Waals surface area (Å²) < 4.78 is 10.3. The average Bonchev–Trinajstić information content (AvgIpc) is 2.98. The van der Waals surface area contributed by atoms with Crippen molar-refractivity contribution in [3.8, 4) is 22.6 Å². The number of pyridine rings is 2. The molecule has 10 heteroatoms. The highest BCUT2D eigenvalue weighted by atomic mass is 16.5. The minimum absolute atomic E-state index is 0.0968. The Hall–Kier alpha value is -5.38. The van der Waals surface area contributed by atoms with Crippen molar-refractivity contribution in [3.05, 3.63) is 94.6 Å². The molecule has 2 aromatic heterocycles. The highest BCUT2D eigenvalue weighted by Gasteiger charge is 2.17. The summed E-state index contributed by atoms with van der Waals surface area (Å²) in [5.41, 5.74) is 5.13. The standard InChI is InChI=1S/C30H26N4O6/c1-17-21(7-5-9-23(17)33-29(37)25-11-27(39-3)19(15-35)13-31-25)22-8-6-10-24(18(22)2)34-30(38)26-12-28(40-4)20(16-36)14-32-26/h5-16H,1-4H3,(H,33,37)(H,34,38). The normalized spacial score (nSPS) is 10.4. The minimum atomic E-state index is -0.461. The van der Waals surface area contributed by atoms with Crippen LogP contribution in [0.4, 0.5) is 11.4 Å². The molecule has 0 spiro atoms. The van der Waals surface area contributed by atoms with Gasteiger partial charge in [-0.05, 0) is 48.2 Å². The van der Waals surface area contributed by atoms with Gasteiger partial charge < -0.3 is 20.1 Å². The maximum atomic E-state index is 12.9. The van der Waals surface area contributed by atoms with Gasteiger partial charge in [0.2, 0.25) is 0 Å². The van der Waals surface area contributed by atoms with Gasteiger partial charge in [-0.15, -0.1) is 0 Å². The van der Waals surface area contributed by atoms with Crippen LogP contribution in [0.5, 0.6) is 11.5 Å². The number of aromatic nitrogens is 2. The smallest absolute Gasteiger partial charge is 0.274 e. The Morgan fingerprint density at radius 2 is 1.10 bits per heavy atom. The average molecular weight is 539 g/mol. The van der Waals surface area contributed by atoms with Crippen molar-refractivity contribution in [2.45, 2.75) is 13.8 Å². The molecule has 0 bridgehead atoms. The van der Waals surface area contributed by atoms with E-state index in [4.69, 9.17) is 9.47 Å². The largest absolute Gasteiger partial charge is 0.496 e. The van der Waals surface area contributed by atoms with Gasteiger partial charge in [-0.3, -0.25) is 29.1 Å². The van der Waals surface area contributed by atoms with Crippen molar-refractivity contribution in [2.75, 3.05) is 24.9 Å². The first-order valence-electron chi connectivity index (χ1n) is 12.1. The maximum absolute atomic E-state index is 12.9. The van der Waals surface area contributed by atoms with Crippen molar-refractivity contribution < 1.29 is 28.7 Å². The van der Waals surface area contributed by atoms with Gasteiger partial charge in [0.1, 0.15) is 22.9 Å². The van der Waals surface area contributed by atoms with Gasteiger partial charge in [-0.25, -0.2) is 0 Å². The number of amides is 2. The summed E-state index contributed by atoms with van der Waals surface area (Å²) in [6.45, 7) is 3.76. The number of ether oxygens (including phenoxy) is 2. The third-order valence-electron chi connectivity index (χ3n) is 6.40. The number of anilines is 2. The van der Waals surface area contributed by atoms with Crippen molar-refractivity contribution in [2.24, 2.45) is 0 Å². The van der Waals surface area contributed by atoms with Crippen molar-refractivity contribution >= 4 is 35.8 Å². The highest BCUT2D eigenvalue weighted by Crippen LogP contribution is 2.34. The molecule has 10 nitrogen and oxygen atoms in total. The summed E-state index contributed by atoms with van der Waals surface area (Å²) in [5, 5.41) is 5.75. The van der Waals surface area contributed by atoms with Crippen LogP contribution in [0.25, 0.3) is 11.1 Å². The Labute approximate surface area is 230 Å². The van der Waals surface area contributed by atoms with Gasteiger partial charge in [-0.2, -0.15) is 0 Å². The highest BCUT2D eigenvalue weighted by molar-refractivity contribution is 6.05. The Kier molecular flexibility index (Phi) is 8.29. The van der Waals surface area contributed by atoms with Gasteiger partial charge in [0.25, 0.3) is 11.8 Å². The van der Waals surface area contributed by atoms with E-state index in [-0.39, 0.29) is 34.0 Å². The molecule has 0 atom stereocenters. The van der Waals surface area contributed by atoms with Crippen molar-refractivity contribution in [3.63, 3.8) is 0 Å². The lowest BCUT2D eigenvalue weighted by Crippen LogP contribution is -2.16. The molecule has 0 saturated heterocycles. The van der Waals surface area contributed by atoms with E-state index in [2.05, 4.69) is 20.6 Å². The lowest BCUT2D eigenvalue weighted by Gasteiger charge is -2.17. The van der Waals surface area contributed by atoms with Crippen LogP contribution >= 0.6 is 0 Å². The molecule has 4 aromatic rings. The second-order valence-electron chi connectivity index (χ2n) is 8.72. The summed E-state index contributed by atoms with van der Waals surface area (Å²) in [6, 6.07) is 13.8. The molecular formula is C30H26N4O6. The molecule has 40 heavy (non-hydrogen) atoms. The molecule has 2 aromatic carbocycles. The number of carbonyl (C=O) groups is 4. The van der Waals surface area contributed by atoms with E-state index in [0.717, 1.165) is 22.3 Å². The molecule has 2 amide bonds. The Bertz CT molecular complexity index is 1510.